The monoisotopic (exact) mass is 369 g/mol. The minimum absolute atomic E-state index is 0.0162. The van der Waals surface area contributed by atoms with Crippen LogP contribution in [0.1, 0.15) is 23.7 Å². The lowest BCUT2D eigenvalue weighted by molar-refractivity contribution is -0.131. The molecule has 0 bridgehead atoms. The molecule has 27 heavy (non-hydrogen) atoms. The van der Waals surface area contributed by atoms with E-state index in [1.165, 1.54) is 13.0 Å². The van der Waals surface area contributed by atoms with E-state index in [0.29, 0.717) is 50.4 Å². The Morgan fingerprint density at radius 1 is 1.04 bits per heavy atom. The Bertz CT molecular complexity index is 817. The van der Waals surface area contributed by atoms with Crippen molar-refractivity contribution in [2.75, 3.05) is 42.9 Å². The highest BCUT2D eigenvalue weighted by Crippen LogP contribution is 2.20. The summed E-state index contributed by atoms with van der Waals surface area (Å²) >= 11 is 0. The number of Topliss-reactive ketones (excluding diaryl/α,β-unsaturated/α-hetero) is 1. The fourth-order valence-corrected chi connectivity index (χ4v) is 3.22. The number of rotatable bonds is 6. The van der Waals surface area contributed by atoms with Crippen molar-refractivity contribution in [3.63, 3.8) is 0 Å². The van der Waals surface area contributed by atoms with Crippen LogP contribution in [0.15, 0.2) is 48.5 Å². The van der Waals surface area contributed by atoms with Crippen molar-refractivity contribution in [1.82, 2.24) is 4.90 Å². The summed E-state index contributed by atoms with van der Waals surface area (Å²) in [5.41, 5.74) is 2.08. The van der Waals surface area contributed by atoms with Crippen LogP contribution in [0.2, 0.25) is 0 Å². The van der Waals surface area contributed by atoms with E-state index in [-0.39, 0.29) is 17.5 Å². The van der Waals surface area contributed by atoms with Gasteiger partial charge in [0.15, 0.2) is 5.78 Å². The van der Waals surface area contributed by atoms with E-state index in [1.807, 2.05) is 28.0 Å². The van der Waals surface area contributed by atoms with Crippen LogP contribution in [0.5, 0.6) is 0 Å². The van der Waals surface area contributed by atoms with E-state index >= 15 is 0 Å². The molecule has 6 heteroatoms. The predicted molar refractivity (Wildman–Crippen MR) is 105 cm³/mol. The Balaban J connectivity index is 1.45. The van der Waals surface area contributed by atoms with Crippen LogP contribution in [0.4, 0.5) is 15.8 Å². The van der Waals surface area contributed by atoms with Gasteiger partial charge in [-0.15, -0.1) is 0 Å². The zero-order chi connectivity index (χ0) is 19.2. The molecule has 0 unspecified atom stereocenters. The van der Waals surface area contributed by atoms with E-state index in [4.69, 9.17) is 0 Å². The van der Waals surface area contributed by atoms with Gasteiger partial charge >= 0.3 is 0 Å². The van der Waals surface area contributed by atoms with Crippen molar-refractivity contribution in [1.29, 1.82) is 0 Å². The molecule has 0 radical (unpaired) electrons. The minimum Gasteiger partial charge on any atom is -0.385 e. The summed E-state index contributed by atoms with van der Waals surface area (Å²) in [5.74, 6) is -0.130. The Morgan fingerprint density at radius 2 is 1.78 bits per heavy atom. The van der Waals surface area contributed by atoms with Gasteiger partial charge in [0, 0.05) is 50.4 Å². The molecule has 142 valence electrons. The number of anilines is 2. The molecule has 1 aliphatic heterocycles. The molecule has 1 N–H and O–H groups in total. The summed E-state index contributed by atoms with van der Waals surface area (Å²) in [7, 11) is 0. The van der Waals surface area contributed by atoms with Crippen molar-refractivity contribution >= 4 is 23.1 Å². The minimum atomic E-state index is -0.228. The van der Waals surface area contributed by atoms with Gasteiger partial charge in [0.1, 0.15) is 5.82 Å². The summed E-state index contributed by atoms with van der Waals surface area (Å²) in [4.78, 5) is 27.6. The molecule has 1 amide bonds. The first-order valence-corrected chi connectivity index (χ1v) is 9.17. The van der Waals surface area contributed by atoms with Crippen molar-refractivity contribution < 1.29 is 14.0 Å². The Morgan fingerprint density at radius 3 is 2.48 bits per heavy atom. The number of nitrogens with zero attached hydrogens (tertiary/aromatic N) is 2. The molecule has 5 nitrogen and oxygen atoms in total. The van der Waals surface area contributed by atoms with Gasteiger partial charge in [-0.2, -0.15) is 0 Å². The molecule has 1 saturated heterocycles. The maximum absolute atomic E-state index is 13.9. The number of amides is 1. The van der Waals surface area contributed by atoms with Crippen molar-refractivity contribution in [3.8, 4) is 0 Å². The topological polar surface area (TPSA) is 52.7 Å². The zero-order valence-electron chi connectivity index (χ0n) is 15.5. The van der Waals surface area contributed by atoms with Crippen molar-refractivity contribution in [2.24, 2.45) is 0 Å². The molecule has 1 aliphatic rings. The van der Waals surface area contributed by atoms with Gasteiger partial charge in [-0.1, -0.05) is 24.3 Å². The highest BCUT2D eigenvalue weighted by Gasteiger charge is 2.22. The van der Waals surface area contributed by atoms with E-state index in [2.05, 4.69) is 5.32 Å². The first-order chi connectivity index (χ1) is 13.0. The largest absolute Gasteiger partial charge is 0.385 e. The summed E-state index contributed by atoms with van der Waals surface area (Å²) in [6.07, 6.45) is 0.379. The molecular formula is C21H24FN3O2. The van der Waals surface area contributed by atoms with Crippen LogP contribution in [0.3, 0.4) is 0 Å². The summed E-state index contributed by atoms with van der Waals surface area (Å²) in [6, 6.07) is 14.0. The number of piperazine rings is 1. The van der Waals surface area contributed by atoms with Crippen LogP contribution in [-0.2, 0) is 4.79 Å². The number of hydrogen-bond acceptors (Lipinski definition) is 4. The van der Waals surface area contributed by atoms with Crippen LogP contribution in [0, 0.1) is 5.82 Å². The molecule has 0 aromatic heterocycles. The first kappa shape index (κ1) is 18.9. The van der Waals surface area contributed by atoms with Gasteiger partial charge in [0.25, 0.3) is 0 Å². The fraction of sp³-hybridized carbons (Fsp3) is 0.333. The van der Waals surface area contributed by atoms with E-state index in [1.54, 1.807) is 24.3 Å². The smallest absolute Gasteiger partial charge is 0.224 e. The molecule has 1 heterocycles. The van der Waals surface area contributed by atoms with Crippen molar-refractivity contribution in [3.05, 3.63) is 59.9 Å². The third-order valence-corrected chi connectivity index (χ3v) is 4.76. The number of para-hydroxylation sites is 1. The number of ketones is 1. The van der Waals surface area contributed by atoms with Gasteiger partial charge in [0.2, 0.25) is 5.91 Å². The van der Waals surface area contributed by atoms with Gasteiger partial charge in [-0.05, 0) is 31.2 Å². The second-order valence-corrected chi connectivity index (χ2v) is 6.63. The second-order valence-electron chi connectivity index (χ2n) is 6.63. The van der Waals surface area contributed by atoms with E-state index < -0.39 is 0 Å². The number of halogens is 1. The fourth-order valence-electron chi connectivity index (χ4n) is 3.22. The van der Waals surface area contributed by atoms with Crippen LogP contribution in [-0.4, -0.2) is 49.3 Å². The lowest BCUT2D eigenvalue weighted by Crippen LogP contribution is -2.49. The molecule has 0 atom stereocenters. The second kappa shape index (κ2) is 8.66. The summed E-state index contributed by atoms with van der Waals surface area (Å²) < 4.78 is 13.9. The van der Waals surface area contributed by atoms with Gasteiger partial charge < -0.3 is 15.1 Å². The molecule has 0 aliphatic carbocycles. The van der Waals surface area contributed by atoms with E-state index in [0.717, 1.165) is 5.69 Å². The van der Waals surface area contributed by atoms with E-state index in [9.17, 15) is 14.0 Å². The number of hydrogen-bond donors (Lipinski definition) is 1. The molecule has 0 spiro atoms. The lowest BCUT2D eigenvalue weighted by atomic mass is 10.1. The number of carbonyl (C=O) groups is 2. The predicted octanol–water partition coefficient (Wildman–Crippen LogP) is 3.18. The quantitative estimate of drug-likeness (QED) is 0.795. The van der Waals surface area contributed by atoms with Crippen molar-refractivity contribution in [2.45, 2.75) is 13.3 Å². The van der Waals surface area contributed by atoms with Gasteiger partial charge in [-0.3, -0.25) is 9.59 Å². The Labute approximate surface area is 158 Å². The molecule has 0 saturated carbocycles. The third-order valence-electron chi connectivity index (χ3n) is 4.76. The maximum Gasteiger partial charge on any atom is 0.224 e. The number of carbonyl (C=O) groups excluding carboxylic acids is 2. The van der Waals surface area contributed by atoms with Gasteiger partial charge in [-0.25, -0.2) is 4.39 Å². The van der Waals surface area contributed by atoms with Crippen LogP contribution < -0.4 is 10.2 Å². The van der Waals surface area contributed by atoms with Gasteiger partial charge in [0.05, 0.1) is 5.69 Å². The first-order valence-electron chi connectivity index (χ1n) is 9.17. The standard InChI is InChI=1S/C21H24FN3O2/c1-16(26)17-5-4-6-18(15-17)23-10-9-21(27)25-13-11-24(12-14-25)20-8-3-2-7-19(20)22/h2-8,15,23H,9-14H2,1H3. The normalized spacial score (nSPS) is 14.1. The zero-order valence-corrected chi connectivity index (χ0v) is 15.5. The Hall–Kier alpha value is -2.89. The molecule has 2 aromatic rings. The van der Waals surface area contributed by atoms with Crippen LogP contribution in [0.25, 0.3) is 0 Å². The molecule has 3 rings (SSSR count). The lowest BCUT2D eigenvalue weighted by Gasteiger charge is -2.36. The maximum atomic E-state index is 13.9. The average molecular weight is 369 g/mol. The van der Waals surface area contributed by atoms with Crippen LogP contribution >= 0.6 is 0 Å². The Kier molecular flexibility index (Phi) is 6.06. The number of benzene rings is 2. The highest BCUT2D eigenvalue weighted by atomic mass is 19.1. The number of nitrogens with one attached hydrogen (secondary N) is 1. The summed E-state index contributed by atoms with van der Waals surface area (Å²) in [5, 5.41) is 3.19. The molecule has 1 fully saturated rings. The molecule has 2 aromatic carbocycles. The summed E-state index contributed by atoms with van der Waals surface area (Å²) in [6.45, 7) is 4.47. The highest BCUT2D eigenvalue weighted by molar-refractivity contribution is 5.94. The average Bonchev–Trinajstić information content (AvgIpc) is 2.68. The SMILES string of the molecule is CC(=O)c1cccc(NCCC(=O)N2CCN(c3ccccc3F)CC2)c1. The molecular weight excluding hydrogens is 345 g/mol. The third kappa shape index (κ3) is 4.84.